The van der Waals surface area contributed by atoms with E-state index in [-0.39, 0.29) is 24.0 Å². The number of amides is 5. The zero-order valence-corrected chi connectivity index (χ0v) is 26.5. The third kappa shape index (κ3) is 6.70. The lowest BCUT2D eigenvalue weighted by Gasteiger charge is -2.40. The molecule has 11 nitrogen and oxygen atoms in total. The molecule has 2 aromatic carbocycles. The number of carbonyl (C=O) groups excluding carboxylic acids is 3. The Morgan fingerprint density at radius 2 is 1.63 bits per heavy atom. The van der Waals surface area contributed by atoms with Crippen molar-refractivity contribution in [3.05, 3.63) is 59.8 Å². The van der Waals surface area contributed by atoms with Crippen LogP contribution in [0.15, 0.2) is 48.7 Å². The molecule has 5 heterocycles. The number of aromatic nitrogens is 2. The van der Waals surface area contributed by atoms with Crippen LogP contribution < -0.4 is 16.0 Å². The summed E-state index contributed by atoms with van der Waals surface area (Å²) in [7, 11) is 0. The number of hydrogen-bond acceptors (Lipinski definition) is 5. The summed E-state index contributed by atoms with van der Waals surface area (Å²) in [5, 5.41) is 17.8. The van der Waals surface area contributed by atoms with Gasteiger partial charge in [0.1, 0.15) is 6.04 Å². The molecule has 4 N–H and O–H groups in total. The summed E-state index contributed by atoms with van der Waals surface area (Å²) in [5.41, 5.74) is 3.96. The van der Waals surface area contributed by atoms with Crippen molar-refractivity contribution in [3.8, 4) is 0 Å². The molecule has 0 radical (unpaired) electrons. The molecule has 244 valence electrons. The van der Waals surface area contributed by atoms with E-state index in [4.69, 9.17) is 0 Å². The largest absolute Gasteiger partial charge is 0.341 e. The van der Waals surface area contributed by atoms with Crippen molar-refractivity contribution in [2.75, 3.05) is 51.1 Å². The Balaban J connectivity index is 0.986. The first-order valence-electron chi connectivity index (χ1n) is 17.1. The summed E-state index contributed by atoms with van der Waals surface area (Å²) >= 11 is 0. The number of likely N-dealkylation sites (tertiary alicyclic amines) is 2. The van der Waals surface area contributed by atoms with E-state index in [1.807, 2.05) is 51.1 Å². The highest BCUT2D eigenvalue weighted by atomic mass is 16.2. The number of rotatable bonds is 6. The number of carbonyl (C=O) groups is 3. The van der Waals surface area contributed by atoms with Gasteiger partial charge in [0.25, 0.3) is 0 Å². The van der Waals surface area contributed by atoms with Gasteiger partial charge in [0.2, 0.25) is 5.91 Å². The molecule has 0 spiro atoms. The zero-order valence-electron chi connectivity index (χ0n) is 26.5. The summed E-state index contributed by atoms with van der Waals surface area (Å²) in [6.07, 6.45) is 8.92. The summed E-state index contributed by atoms with van der Waals surface area (Å²) in [4.78, 5) is 46.5. The molecule has 46 heavy (non-hydrogen) atoms. The second-order valence-electron chi connectivity index (χ2n) is 13.5. The third-order valence-electron chi connectivity index (χ3n) is 10.8. The minimum Gasteiger partial charge on any atom is -0.341 e. The van der Waals surface area contributed by atoms with Crippen LogP contribution in [0.3, 0.4) is 0 Å². The number of piperidine rings is 3. The quantitative estimate of drug-likeness (QED) is 0.330. The predicted octanol–water partition coefficient (Wildman–Crippen LogP) is 3.98. The molecular formula is C35H46N8O3. The van der Waals surface area contributed by atoms with Gasteiger partial charge in [0.15, 0.2) is 0 Å². The van der Waals surface area contributed by atoms with Crippen LogP contribution in [0.25, 0.3) is 10.9 Å². The number of urea groups is 2. The highest BCUT2D eigenvalue weighted by Crippen LogP contribution is 2.31. The molecule has 3 aromatic rings. The molecule has 0 aliphatic carbocycles. The van der Waals surface area contributed by atoms with E-state index >= 15 is 0 Å². The van der Waals surface area contributed by atoms with E-state index in [0.717, 1.165) is 79.1 Å². The lowest BCUT2D eigenvalue weighted by molar-refractivity contribution is -0.135. The molecule has 0 saturated carbocycles. The number of para-hydroxylation sites is 1. The van der Waals surface area contributed by atoms with Gasteiger partial charge in [-0.1, -0.05) is 24.3 Å². The van der Waals surface area contributed by atoms with Crippen LogP contribution in [0.2, 0.25) is 0 Å². The van der Waals surface area contributed by atoms with Crippen molar-refractivity contribution in [3.63, 3.8) is 0 Å². The van der Waals surface area contributed by atoms with Crippen molar-refractivity contribution < 1.29 is 14.4 Å². The molecular weight excluding hydrogens is 580 g/mol. The van der Waals surface area contributed by atoms with E-state index in [1.54, 1.807) is 6.20 Å². The first-order valence-corrected chi connectivity index (χ1v) is 17.1. The fourth-order valence-electron chi connectivity index (χ4n) is 8.04. The number of nitrogens with one attached hydrogen (secondary N) is 4. The Hall–Kier alpha value is -4.12. The Morgan fingerprint density at radius 3 is 2.43 bits per heavy atom. The van der Waals surface area contributed by atoms with Gasteiger partial charge >= 0.3 is 12.1 Å². The lowest BCUT2D eigenvalue weighted by Crippen LogP contribution is -2.57. The maximum Gasteiger partial charge on any atom is 0.322 e. The van der Waals surface area contributed by atoms with E-state index in [0.29, 0.717) is 44.8 Å². The van der Waals surface area contributed by atoms with E-state index in [1.165, 1.54) is 12.8 Å². The number of aromatic amines is 1. The number of fused-ring (bicyclic) bond motifs is 2. The van der Waals surface area contributed by atoms with Gasteiger partial charge in [0.05, 0.1) is 11.7 Å². The predicted molar refractivity (Wildman–Crippen MR) is 177 cm³/mol. The molecule has 3 saturated heterocycles. The average Bonchev–Trinajstić information content (AvgIpc) is 3.50. The summed E-state index contributed by atoms with van der Waals surface area (Å²) in [6, 6.07) is 13.1. The molecule has 7 rings (SSSR count). The molecule has 1 aromatic heterocycles. The molecule has 5 amide bonds. The van der Waals surface area contributed by atoms with Crippen LogP contribution in [0.1, 0.15) is 49.7 Å². The monoisotopic (exact) mass is 626 g/mol. The normalized spacial score (nSPS) is 21.0. The molecule has 1 atom stereocenters. The maximum atomic E-state index is 14.1. The Labute approximate surface area is 270 Å². The fraction of sp³-hybridized carbons (Fsp3) is 0.543. The standard InChI is InChI=1S/C35H46N8O3/c44-33(41-16-9-26(10-17-41)25-7-14-36-15-8-25)32(22-24-5-6-31-28(21-24)23-37-40-31)39-34(45)42-18-12-29(13-19-42)43-20-11-27-3-1-2-4-30(27)38-35(43)46/h1-6,21,23,25-26,29,32,36H,7-20,22H2,(H,37,40)(H,38,46)(H,39,45). The van der Waals surface area contributed by atoms with Gasteiger partial charge < -0.3 is 30.7 Å². The molecule has 11 heteroatoms. The minimum absolute atomic E-state index is 0.0000846. The van der Waals surface area contributed by atoms with E-state index in [2.05, 4.69) is 32.2 Å². The first kappa shape index (κ1) is 30.5. The first-order chi connectivity index (χ1) is 22.5. The SMILES string of the molecule is O=C(NC(Cc1ccc2[nH]ncc2c1)C(=O)N1CCC(C2CCNCC2)CC1)N1CCC(N2CCc3ccccc3NC2=O)CC1. The van der Waals surface area contributed by atoms with Crippen LogP contribution in [0.5, 0.6) is 0 Å². The summed E-state index contributed by atoms with van der Waals surface area (Å²) < 4.78 is 0. The number of anilines is 1. The van der Waals surface area contributed by atoms with E-state index in [9.17, 15) is 14.4 Å². The van der Waals surface area contributed by atoms with Crippen molar-refractivity contribution >= 4 is 34.6 Å². The fourth-order valence-corrected chi connectivity index (χ4v) is 8.04. The third-order valence-corrected chi connectivity index (χ3v) is 10.8. The van der Waals surface area contributed by atoms with Crippen molar-refractivity contribution in [1.82, 2.24) is 35.5 Å². The smallest absolute Gasteiger partial charge is 0.322 e. The van der Waals surface area contributed by atoms with Gasteiger partial charge in [-0.3, -0.25) is 9.89 Å². The Bertz CT molecular complexity index is 1540. The minimum atomic E-state index is -0.653. The molecule has 3 fully saturated rings. The number of nitrogens with zero attached hydrogens (tertiary/aromatic N) is 4. The zero-order chi connectivity index (χ0) is 31.5. The van der Waals surface area contributed by atoms with Gasteiger partial charge in [-0.15, -0.1) is 0 Å². The van der Waals surface area contributed by atoms with Crippen LogP contribution >= 0.6 is 0 Å². The van der Waals surface area contributed by atoms with Gasteiger partial charge in [-0.25, -0.2) is 9.59 Å². The van der Waals surface area contributed by atoms with Crippen LogP contribution in [0, 0.1) is 11.8 Å². The second kappa shape index (κ2) is 13.7. The van der Waals surface area contributed by atoms with Crippen molar-refractivity contribution in [2.45, 2.75) is 63.5 Å². The Morgan fingerprint density at radius 1 is 0.891 bits per heavy atom. The Kier molecular flexibility index (Phi) is 9.09. The summed E-state index contributed by atoms with van der Waals surface area (Å²) in [5.74, 6) is 1.42. The summed E-state index contributed by atoms with van der Waals surface area (Å²) in [6.45, 7) is 5.41. The highest BCUT2D eigenvalue weighted by Gasteiger charge is 2.35. The average molecular weight is 627 g/mol. The maximum absolute atomic E-state index is 14.1. The van der Waals surface area contributed by atoms with Crippen molar-refractivity contribution in [1.29, 1.82) is 0 Å². The number of H-pyrrole nitrogens is 1. The van der Waals surface area contributed by atoms with E-state index < -0.39 is 6.04 Å². The number of hydrogen-bond donors (Lipinski definition) is 4. The molecule has 0 bridgehead atoms. The van der Waals surface area contributed by atoms with Gasteiger partial charge in [-0.2, -0.15) is 5.10 Å². The second-order valence-corrected chi connectivity index (χ2v) is 13.5. The molecule has 4 aliphatic heterocycles. The molecule has 4 aliphatic rings. The van der Waals surface area contributed by atoms with Crippen LogP contribution in [-0.4, -0.2) is 101 Å². The molecule has 1 unspecified atom stereocenters. The van der Waals surface area contributed by atoms with Gasteiger partial charge in [0, 0.05) is 56.3 Å². The van der Waals surface area contributed by atoms with Crippen molar-refractivity contribution in [2.24, 2.45) is 11.8 Å². The van der Waals surface area contributed by atoms with Gasteiger partial charge in [-0.05, 0) is 99.2 Å². The van der Waals surface area contributed by atoms with Crippen LogP contribution in [0.4, 0.5) is 15.3 Å². The topological polar surface area (TPSA) is 126 Å². The highest BCUT2D eigenvalue weighted by molar-refractivity contribution is 5.91. The van der Waals surface area contributed by atoms with Crippen LogP contribution in [-0.2, 0) is 17.6 Å². The lowest BCUT2D eigenvalue weighted by atomic mass is 9.79. The number of benzene rings is 2.